The number of nitrogens with zero attached hydrogens (tertiary/aromatic N) is 1. The van der Waals surface area contributed by atoms with Crippen molar-refractivity contribution < 1.29 is 9.59 Å². The van der Waals surface area contributed by atoms with Crippen LogP contribution in [0.5, 0.6) is 0 Å². The van der Waals surface area contributed by atoms with Gasteiger partial charge in [-0.3, -0.25) is 14.5 Å². The average Bonchev–Trinajstić information content (AvgIpc) is 3.10. The highest BCUT2D eigenvalue weighted by Gasteiger charge is 2.34. The van der Waals surface area contributed by atoms with E-state index < -0.39 is 0 Å². The lowest BCUT2D eigenvalue weighted by atomic mass is 10.0. The van der Waals surface area contributed by atoms with Crippen LogP contribution in [0.25, 0.3) is 0 Å². The third-order valence-electron chi connectivity index (χ3n) is 5.88. The fourth-order valence-electron chi connectivity index (χ4n) is 4.05. The molecule has 1 aliphatic rings. The Hall–Kier alpha value is -0.770. The Balaban J connectivity index is 1.83. The third kappa shape index (κ3) is 12.5. The molecule has 1 saturated heterocycles. The first-order valence-corrected chi connectivity index (χ1v) is 13.4. The molecule has 2 amide bonds. The van der Waals surface area contributed by atoms with E-state index in [1.807, 2.05) is 0 Å². The summed E-state index contributed by atoms with van der Waals surface area (Å²) in [5, 5.41) is 0.0318. The van der Waals surface area contributed by atoms with Gasteiger partial charge in [-0.2, -0.15) is 0 Å². The molecule has 0 spiro atoms. The highest BCUT2D eigenvalue weighted by molar-refractivity contribution is 7.99. The van der Waals surface area contributed by atoms with E-state index >= 15 is 0 Å². The maximum Gasteiger partial charge on any atom is 0.253 e. The van der Waals surface area contributed by atoms with Crippen LogP contribution in [0.2, 0.25) is 0 Å². The van der Waals surface area contributed by atoms with Gasteiger partial charge in [0, 0.05) is 6.42 Å². The summed E-state index contributed by atoms with van der Waals surface area (Å²) in [6.07, 6.45) is 24.7. The first-order valence-electron chi connectivity index (χ1n) is 12.3. The molecule has 4 heteroatoms. The molecule has 29 heavy (non-hydrogen) atoms. The van der Waals surface area contributed by atoms with Crippen LogP contribution in [0.15, 0.2) is 12.7 Å². The maximum absolute atomic E-state index is 11.8. The molecule has 0 aromatic carbocycles. The second-order valence-electron chi connectivity index (χ2n) is 8.47. The van der Waals surface area contributed by atoms with E-state index in [2.05, 4.69) is 13.5 Å². The van der Waals surface area contributed by atoms with E-state index in [4.69, 9.17) is 0 Å². The van der Waals surface area contributed by atoms with Gasteiger partial charge in [-0.1, -0.05) is 110 Å². The summed E-state index contributed by atoms with van der Waals surface area (Å²) < 4.78 is 0. The fraction of sp³-hybridized carbons (Fsp3) is 0.840. The summed E-state index contributed by atoms with van der Waals surface area (Å²) in [5.41, 5.74) is 0. The zero-order valence-electron chi connectivity index (χ0n) is 19.0. The van der Waals surface area contributed by atoms with Crippen molar-refractivity contribution in [1.82, 2.24) is 4.90 Å². The minimum absolute atomic E-state index is 0.0318. The molecule has 1 fully saturated rings. The summed E-state index contributed by atoms with van der Waals surface area (Å²) in [4.78, 5) is 25.0. The molecule has 0 saturated carbocycles. The predicted octanol–water partition coefficient (Wildman–Crippen LogP) is 7.64. The van der Waals surface area contributed by atoms with Gasteiger partial charge in [0.15, 0.2) is 0 Å². The first kappa shape index (κ1) is 26.3. The molecule has 1 atom stereocenters. The second-order valence-corrected chi connectivity index (χ2v) is 9.76. The quantitative estimate of drug-likeness (QED) is 0.158. The summed E-state index contributed by atoms with van der Waals surface area (Å²) in [5.74, 6) is 0.758. The predicted molar refractivity (Wildman–Crippen MR) is 127 cm³/mol. The molecule has 1 rings (SSSR count). The summed E-state index contributed by atoms with van der Waals surface area (Å²) >= 11 is 1.76. The highest BCUT2D eigenvalue weighted by Crippen LogP contribution is 2.29. The van der Waals surface area contributed by atoms with Gasteiger partial charge < -0.3 is 0 Å². The van der Waals surface area contributed by atoms with Gasteiger partial charge >= 0.3 is 0 Å². The van der Waals surface area contributed by atoms with E-state index in [0.29, 0.717) is 6.42 Å². The molecule has 0 aromatic rings. The van der Waals surface area contributed by atoms with Gasteiger partial charge in [-0.15, -0.1) is 11.8 Å². The van der Waals surface area contributed by atoms with Gasteiger partial charge in [0.2, 0.25) is 5.91 Å². The summed E-state index contributed by atoms with van der Waals surface area (Å²) in [7, 11) is 0. The van der Waals surface area contributed by atoms with Crippen molar-refractivity contribution in [2.45, 2.75) is 128 Å². The summed E-state index contributed by atoms with van der Waals surface area (Å²) in [6, 6.07) is 0. The van der Waals surface area contributed by atoms with Crippen LogP contribution < -0.4 is 0 Å². The van der Waals surface area contributed by atoms with E-state index in [-0.39, 0.29) is 17.2 Å². The van der Waals surface area contributed by atoms with Gasteiger partial charge in [0.1, 0.15) is 0 Å². The lowest BCUT2D eigenvalue weighted by Crippen LogP contribution is -2.35. The van der Waals surface area contributed by atoms with Gasteiger partial charge in [0.05, 0.1) is 5.37 Å². The summed E-state index contributed by atoms with van der Waals surface area (Å²) in [6.45, 7) is 5.78. The van der Waals surface area contributed by atoms with Gasteiger partial charge in [-0.05, 0) is 24.7 Å². The number of imide groups is 1. The molecule has 0 bridgehead atoms. The third-order valence-corrected chi connectivity index (χ3v) is 7.24. The van der Waals surface area contributed by atoms with Gasteiger partial charge in [-0.25, -0.2) is 0 Å². The smallest absolute Gasteiger partial charge is 0.253 e. The Morgan fingerprint density at radius 2 is 1.34 bits per heavy atom. The van der Waals surface area contributed by atoms with Crippen LogP contribution in [0.3, 0.4) is 0 Å². The van der Waals surface area contributed by atoms with Crippen LogP contribution in [0.4, 0.5) is 0 Å². The van der Waals surface area contributed by atoms with Crippen LogP contribution in [-0.2, 0) is 9.59 Å². The van der Waals surface area contributed by atoms with Crippen LogP contribution in [-0.4, -0.2) is 27.8 Å². The van der Waals surface area contributed by atoms with Gasteiger partial charge in [0.25, 0.3) is 5.91 Å². The number of carbonyl (C=O) groups is 2. The fourth-order valence-corrected chi connectivity index (χ4v) is 5.35. The van der Waals surface area contributed by atoms with Crippen molar-refractivity contribution in [2.24, 2.45) is 0 Å². The van der Waals surface area contributed by atoms with E-state index in [1.54, 1.807) is 11.8 Å². The molecule has 168 valence electrons. The van der Waals surface area contributed by atoms with Crippen LogP contribution in [0.1, 0.15) is 122 Å². The topological polar surface area (TPSA) is 37.4 Å². The SMILES string of the molecule is C=CC(=O)N1C(=O)CC[C@@H]1SCCCCCCCCCCCCCCCCCC. The zero-order valence-corrected chi connectivity index (χ0v) is 19.8. The molecular formula is C25H45NO2S. The second kappa shape index (κ2) is 18.0. The Morgan fingerprint density at radius 1 is 0.897 bits per heavy atom. The standard InChI is InChI=1S/C25H45NO2S/c1-3-5-6-7-8-9-10-11-12-13-14-15-16-17-18-19-22-29-25-21-20-24(28)26(25)23(27)4-2/h4,25H,2-3,5-22H2,1H3/t25-/m0/s1. The van der Waals surface area contributed by atoms with E-state index in [1.165, 1.54) is 114 Å². The number of likely N-dealkylation sites (tertiary alicyclic amines) is 1. The van der Waals surface area contributed by atoms with E-state index in [9.17, 15) is 9.59 Å². The van der Waals surface area contributed by atoms with Crippen molar-refractivity contribution in [3.05, 3.63) is 12.7 Å². The Bertz CT molecular complexity index is 452. The highest BCUT2D eigenvalue weighted by atomic mass is 32.2. The molecular weight excluding hydrogens is 378 g/mol. The number of unbranched alkanes of at least 4 members (excludes halogenated alkanes) is 15. The maximum atomic E-state index is 11.8. The number of hydrogen-bond donors (Lipinski definition) is 0. The number of carbonyl (C=O) groups excluding carboxylic acids is 2. The minimum atomic E-state index is -0.239. The largest absolute Gasteiger partial charge is 0.274 e. The van der Waals surface area contributed by atoms with E-state index in [0.717, 1.165) is 12.2 Å². The molecule has 0 N–H and O–H groups in total. The molecule has 0 radical (unpaired) electrons. The van der Waals surface area contributed by atoms with Crippen molar-refractivity contribution in [3.63, 3.8) is 0 Å². The first-order chi connectivity index (χ1) is 14.2. The molecule has 0 aromatic heterocycles. The Labute approximate surface area is 184 Å². The monoisotopic (exact) mass is 423 g/mol. The number of rotatable bonds is 19. The van der Waals surface area contributed by atoms with Crippen LogP contribution >= 0.6 is 11.8 Å². The number of hydrogen-bond acceptors (Lipinski definition) is 3. The average molecular weight is 424 g/mol. The molecule has 1 aliphatic heterocycles. The van der Waals surface area contributed by atoms with Crippen molar-refractivity contribution in [2.75, 3.05) is 5.75 Å². The molecule has 3 nitrogen and oxygen atoms in total. The molecule has 0 unspecified atom stereocenters. The minimum Gasteiger partial charge on any atom is -0.274 e. The Kier molecular flexibility index (Phi) is 16.3. The lowest BCUT2D eigenvalue weighted by molar-refractivity contribution is -0.139. The van der Waals surface area contributed by atoms with Crippen molar-refractivity contribution >= 4 is 23.6 Å². The lowest BCUT2D eigenvalue weighted by Gasteiger charge is -2.20. The number of thioether (sulfide) groups is 1. The molecule has 0 aliphatic carbocycles. The number of amides is 2. The zero-order chi connectivity index (χ0) is 21.2. The van der Waals surface area contributed by atoms with Crippen LogP contribution in [0, 0.1) is 0 Å². The molecule has 1 heterocycles. The van der Waals surface area contributed by atoms with Crippen molar-refractivity contribution in [3.8, 4) is 0 Å². The van der Waals surface area contributed by atoms with Crippen molar-refractivity contribution in [1.29, 1.82) is 0 Å². The Morgan fingerprint density at radius 3 is 1.79 bits per heavy atom. The normalized spacial score (nSPS) is 16.5.